The number of ether oxygens (including phenoxy) is 1. The SMILES string of the molecule is CCC(OC(C)O)[Si]1(C)CCCCO1. The van der Waals surface area contributed by atoms with E-state index in [0.717, 1.165) is 19.1 Å². The third kappa shape index (κ3) is 3.05. The standard InChI is InChI=1S/C10H22O3Si/c1-4-10(13-9(2)11)14(3)8-6-5-7-12-14/h9-11H,4-8H2,1-3H3. The maximum absolute atomic E-state index is 9.24. The third-order valence-electron chi connectivity index (χ3n) is 2.91. The summed E-state index contributed by atoms with van der Waals surface area (Å²) in [6.45, 7) is 6.87. The summed E-state index contributed by atoms with van der Waals surface area (Å²) in [5, 5.41) is 9.24. The van der Waals surface area contributed by atoms with Gasteiger partial charge >= 0.3 is 0 Å². The lowest BCUT2D eigenvalue weighted by Gasteiger charge is -2.38. The predicted molar refractivity (Wildman–Crippen MR) is 58.5 cm³/mol. The molecule has 0 aromatic rings. The van der Waals surface area contributed by atoms with Gasteiger partial charge in [0, 0.05) is 6.61 Å². The highest BCUT2D eigenvalue weighted by molar-refractivity contribution is 6.73. The highest BCUT2D eigenvalue weighted by Gasteiger charge is 2.40. The summed E-state index contributed by atoms with van der Waals surface area (Å²) in [7, 11) is -1.71. The summed E-state index contributed by atoms with van der Waals surface area (Å²) in [6.07, 6.45) is 2.69. The minimum Gasteiger partial charge on any atom is -0.414 e. The van der Waals surface area contributed by atoms with E-state index in [9.17, 15) is 5.11 Å². The molecule has 0 bridgehead atoms. The Morgan fingerprint density at radius 1 is 1.50 bits per heavy atom. The van der Waals surface area contributed by atoms with Gasteiger partial charge in [-0.05, 0) is 32.4 Å². The molecule has 1 N–H and O–H groups in total. The number of aliphatic hydroxyl groups is 1. The Hall–Kier alpha value is 0.0969. The first-order valence-electron chi connectivity index (χ1n) is 5.56. The monoisotopic (exact) mass is 218 g/mol. The first-order chi connectivity index (χ1) is 6.58. The van der Waals surface area contributed by atoms with Crippen LogP contribution in [0.25, 0.3) is 0 Å². The van der Waals surface area contributed by atoms with Gasteiger partial charge in [-0.1, -0.05) is 13.3 Å². The molecule has 4 heteroatoms. The van der Waals surface area contributed by atoms with E-state index in [4.69, 9.17) is 9.16 Å². The minimum atomic E-state index is -1.71. The van der Waals surface area contributed by atoms with Gasteiger partial charge in [0.1, 0.15) is 0 Å². The Labute approximate surface area is 87.5 Å². The first kappa shape index (κ1) is 12.2. The molecule has 0 aromatic heterocycles. The minimum absolute atomic E-state index is 0.141. The van der Waals surface area contributed by atoms with Crippen molar-refractivity contribution in [2.24, 2.45) is 0 Å². The van der Waals surface area contributed by atoms with Gasteiger partial charge in [-0.2, -0.15) is 0 Å². The first-order valence-corrected chi connectivity index (χ1v) is 8.25. The van der Waals surface area contributed by atoms with Gasteiger partial charge in [-0.15, -0.1) is 0 Å². The lowest BCUT2D eigenvalue weighted by Crippen LogP contribution is -2.51. The molecule has 3 nitrogen and oxygen atoms in total. The Bertz CT molecular complexity index is 167. The Balaban J connectivity index is 2.55. The fourth-order valence-corrected chi connectivity index (χ4v) is 5.68. The van der Waals surface area contributed by atoms with Gasteiger partial charge in [0.15, 0.2) is 6.29 Å². The fourth-order valence-electron chi connectivity index (χ4n) is 2.12. The molecule has 0 spiro atoms. The van der Waals surface area contributed by atoms with E-state index in [2.05, 4.69) is 13.5 Å². The summed E-state index contributed by atoms with van der Waals surface area (Å²) < 4.78 is 11.5. The molecule has 84 valence electrons. The molecule has 0 aromatic carbocycles. The quantitative estimate of drug-likeness (QED) is 0.580. The average molecular weight is 218 g/mol. The zero-order valence-electron chi connectivity index (χ0n) is 9.45. The third-order valence-corrected chi connectivity index (χ3v) is 7.03. The average Bonchev–Trinajstić information content (AvgIpc) is 2.15. The van der Waals surface area contributed by atoms with E-state index < -0.39 is 14.6 Å². The molecule has 0 aliphatic carbocycles. The van der Waals surface area contributed by atoms with Crippen LogP contribution in [0.4, 0.5) is 0 Å². The largest absolute Gasteiger partial charge is 0.414 e. The molecule has 3 atom stereocenters. The molecular formula is C10H22O3Si. The van der Waals surface area contributed by atoms with E-state index in [0.29, 0.717) is 0 Å². The number of aliphatic hydroxyl groups excluding tert-OH is 1. The molecule has 1 rings (SSSR count). The van der Waals surface area contributed by atoms with Crippen molar-refractivity contribution in [2.45, 2.75) is 57.7 Å². The second kappa shape index (κ2) is 5.26. The summed E-state index contributed by atoms with van der Waals surface area (Å²) in [6, 6.07) is 1.16. The van der Waals surface area contributed by atoms with Gasteiger partial charge in [0.2, 0.25) is 8.32 Å². The lowest BCUT2D eigenvalue weighted by molar-refractivity contribution is -0.108. The number of hydrogen-bond donors (Lipinski definition) is 1. The summed E-state index contributed by atoms with van der Waals surface area (Å²) in [4.78, 5) is 0. The van der Waals surface area contributed by atoms with Crippen LogP contribution in [0.5, 0.6) is 0 Å². The predicted octanol–water partition coefficient (Wildman–Crippen LogP) is 2.04. The summed E-state index contributed by atoms with van der Waals surface area (Å²) in [5.41, 5.74) is 0.141. The molecule has 1 aliphatic heterocycles. The van der Waals surface area contributed by atoms with Crippen molar-refractivity contribution in [1.29, 1.82) is 0 Å². The molecule has 0 amide bonds. The van der Waals surface area contributed by atoms with Gasteiger partial charge in [0.25, 0.3) is 0 Å². The van der Waals surface area contributed by atoms with E-state index in [1.54, 1.807) is 6.92 Å². The second-order valence-electron chi connectivity index (χ2n) is 4.25. The van der Waals surface area contributed by atoms with Crippen LogP contribution >= 0.6 is 0 Å². The fraction of sp³-hybridized carbons (Fsp3) is 1.00. The molecule has 14 heavy (non-hydrogen) atoms. The molecule has 3 unspecified atom stereocenters. The van der Waals surface area contributed by atoms with Crippen LogP contribution in [0.1, 0.15) is 33.1 Å². The van der Waals surface area contributed by atoms with E-state index >= 15 is 0 Å². The maximum atomic E-state index is 9.24. The van der Waals surface area contributed by atoms with Crippen LogP contribution in [0.3, 0.4) is 0 Å². The molecule has 1 heterocycles. The Morgan fingerprint density at radius 3 is 2.64 bits per heavy atom. The molecule has 0 radical (unpaired) electrons. The van der Waals surface area contributed by atoms with Crippen LogP contribution < -0.4 is 0 Å². The highest BCUT2D eigenvalue weighted by atomic mass is 28.4. The molecule has 1 saturated heterocycles. The van der Waals surface area contributed by atoms with E-state index in [1.165, 1.54) is 12.8 Å². The Kier molecular flexibility index (Phi) is 4.57. The zero-order chi connectivity index (χ0) is 10.6. The Morgan fingerprint density at radius 2 is 2.21 bits per heavy atom. The number of rotatable bonds is 4. The van der Waals surface area contributed by atoms with E-state index in [-0.39, 0.29) is 5.73 Å². The topological polar surface area (TPSA) is 38.7 Å². The molecule has 1 aliphatic rings. The lowest BCUT2D eigenvalue weighted by atomic mass is 10.4. The van der Waals surface area contributed by atoms with Crippen molar-refractivity contribution in [2.75, 3.05) is 6.61 Å². The van der Waals surface area contributed by atoms with E-state index in [1.807, 2.05) is 0 Å². The van der Waals surface area contributed by atoms with Crippen molar-refractivity contribution in [1.82, 2.24) is 0 Å². The van der Waals surface area contributed by atoms with Crippen LogP contribution in [0.2, 0.25) is 12.6 Å². The highest BCUT2D eigenvalue weighted by Crippen LogP contribution is 2.28. The zero-order valence-corrected chi connectivity index (χ0v) is 10.5. The van der Waals surface area contributed by atoms with Gasteiger partial charge < -0.3 is 14.3 Å². The van der Waals surface area contributed by atoms with Crippen molar-refractivity contribution < 1.29 is 14.3 Å². The van der Waals surface area contributed by atoms with Crippen LogP contribution in [-0.2, 0) is 9.16 Å². The molecule has 0 saturated carbocycles. The van der Waals surface area contributed by atoms with Gasteiger partial charge in [-0.25, -0.2) is 0 Å². The normalized spacial score (nSPS) is 32.6. The second-order valence-corrected chi connectivity index (χ2v) is 8.31. The van der Waals surface area contributed by atoms with Crippen molar-refractivity contribution in [3.05, 3.63) is 0 Å². The summed E-state index contributed by atoms with van der Waals surface area (Å²) >= 11 is 0. The van der Waals surface area contributed by atoms with Crippen LogP contribution in [0, 0.1) is 0 Å². The van der Waals surface area contributed by atoms with Crippen molar-refractivity contribution in [3.63, 3.8) is 0 Å². The molecule has 1 fully saturated rings. The maximum Gasteiger partial charge on any atom is 0.218 e. The summed E-state index contributed by atoms with van der Waals surface area (Å²) in [5.74, 6) is 0. The van der Waals surface area contributed by atoms with Crippen LogP contribution in [0.15, 0.2) is 0 Å². The van der Waals surface area contributed by atoms with Gasteiger partial charge in [-0.3, -0.25) is 0 Å². The van der Waals surface area contributed by atoms with Crippen LogP contribution in [-0.4, -0.2) is 32.0 Å². The molecular weight excluding hydrogens is 196 g/mol. The van der Waals surface area contributed by atoms with Gasteiger partial charge in [0.05, 0.1) is 5.73 Å². The number of hydrogen-bond acceptors (Lipinski definition) is 3. The van der Waals surface area contributed by atoms with Crippen molar-refractivity contribution in [3.8, 4) is 0 Å². The smallest absolute Gasteiger partial charge is 0.218 e. The van der Waals surface area contributed by atoms with Crippen molar-refractivity contribution >= 4 is 8.32 Å².